The number of pyridine rings is 1. The Morgan fingerprint density at radius 3 is 2.87 bits per heavy atom. The van der Waals surface area contributed by atoms with Crippen molar-refractivity contribution >= 4 is 17.5 Å². The zero-order valence-corrected chi connectivity index (χ0v) is 13.3. The minimum absolute atomic E-state index is 0.0229. The molecule has 1 aromatic carbocycles. The van der Waals surface area contributed by atoms with Crippen molar-refractivity contribution in [1.82, 2.24) is 15.2 Å². The van der Waals surface area contributed by atoms with Gasteiger partial charge in [-0.2, -0.15) is 0 Å². The van der Waals surface area contributed by atoms with Gasteiger partial charge in [-0.3, -0.25) is 14.5 Å². The zero-order chi connectivity index (χ0) is 16.2. The molecule has 2 heterocycles. The minimum Gasteiger partial charge on any atom is -0.348 e. The average molecular weight is 332 g/mol. The van der Waals surface area contributed by atoms with Gasteiger partial charge in [-0.15, -0.1) is 0 Å². The Morgan fingerprint density at radius 1 is 1.35 bits per heavy atom. The second-order valence-electron chi connectivity index (χ2n) is 5.75. The predicted octanol–water partition coefficient (Wildman–Crippen LogP) is 2.03. The Labute approximate surface area is 139 Å². The molecule has 1 unspecified atom stereocenters. The van der Waals surface area contributed by atoms with Crippen LogP contribution < -0.4 is 10.9 Å². The summed E-state index contributed by atoms with van der Waals surface area (Å²) in [5, 5.41) is 3.02. The van der Waals surface area contributed by atoms with Gasteiger partial charge in [0.05, 0.1) is 5.56 Å². The third-order valence-electron chi connectivity index (χ3n) is 3.98. The summed E-state index contributed by atoms with van der Waals surface area (Å²) in [7, 11) is 0. The van der Waals surface area contributed by atoms with Gasteiger partial charge in [0.2, 0.25) is 0 Å². The zero-order valence-electron chi connectivity index (χ0n) is 12.6. The lowest BCUT2D eigenvalue weighted by Crippen LogP contribution is -2.37. The van der Waals surface area contributed by atoms with Crippen LogP contribution in [0.5, 0.6) is 0 Å². The number of halogens is 1. The molecule has 1 atom stereocenters. The number of aromatic nitrogens is 1. The second kappa shape index (κ2) is 6.98. The number of rotatable bonds is 4. The fourth-order valence-electron chi connectivity index (χ4n) is 2.79. The van der Waals surface area contributed by atoms with Crippen LogP contribution in [0.1, 0.15) is 22.3 Å². The molecule has 1 amide bonds. The van der Waals surface area contributed by atoms with Gasteiger partial charge in [0, 0.05) is 31.9 Å². The summed E-state index contributed by atoms with van der Waals surface area (Å²) in [6.45, 7) is 2.65. The maximum atomic E-state index is 12.2. The fourth-order valence-corrected chi connectivity index (χ4v) is 2.96. The number of nitrogens with zero attached hydrogens (tertiary/aromatic N) is 1. The van der Waals surface area contributed by atoms with Crippen LogP contribution in [-0.4, -0.2) is 34.9 Å². The van der Waals surface area contributed by atoms with Crippen molar-refractivity contribution in [2.75, 3.05) is 13.1 Å². The van der Waals surface area contributed by atoms with E-state index >= 15 is 0 Å². The summed E-state index contributed by atoms with van der Waals surface area (Å²) < 4.78 is 0. The molecule has 3 rings (SSSR count). The van der Waals surface area contributed by atoms with E-state index in [1.165, 1.54) is 17.8 Å². The largest absolute Gasteiger partial charge is 0.348 e. The standard InChI is InChI=1S/C17H18ClN3O2/c18-15-8-13(9-19-17(15)23)16(22)20-14-6-7-21(11-14)10-12-4-2-1-3-5-12/h1-5,8-9,14H,6-7,10-11H2,(H,19,23)(H,20,22). The van der Waals surface area contributed by atoms with E-state index in [0.29, 0.717) is 5.56 Å². The van der Waals surface area contributed by atoms with Crippen molar-refractivity contribution in [2.24, 2.45) is 0 Å². The second-order valence-corrected chi connectivity index (χ2v) is 6.15. The van der Waals surface area contributed by atoms with Crippen molar-refractivity contribution in [1.29, 1.82) is 0 Å². The van der Waals surface area contributed by atoms with Crippen molar-refractivity contribution in [3.05, 3.63) is 69.1 Å². The van der Waals surface area contributed by atoms with E-state index in [1.54, 1.807) is 0 Å². The number of benzene rings is 1. The van der Waals surface area contributed by atoms with Crippen LogP contribution >= 0.6 is 11.6 Å². The first-order chi connectivity index (χ1) is 11.1. The van der Waals surface area contributed by atoms with E-state index in [1.807, 2.05) is 18.2 Å². The third-order valence-corrected chi connectivity index (χ3v) is 4.26. The summed E-state index contributed by atoms with van der Waals surface area (Å²) >= 11 is 5.76. The first-order valence-corrected chi connectivity index (χ1v) is 7.95. The lowest BCUT2D eigenvalue weighted by Gasteiger charge is -2.16. The molecule has 120 valence electrons. The van der Waals surface area contributed by atoms with Gasteiger partial charge < -0.3 is 10.3 Å². The molecule has 1 aliphatic rings. The predicted molar refractivity (Wildman–Crippen MR) is 89.7 cm³/mol. The molecule has 23 heavy (non-hydrogen) atoms. The Hall–Kier alpha value is -2.11. The molecule has 2 aromatic rings. The van der Waals surface area contributed by atoms with Crippen molar-refractivity contribution < 1.29 is 4.79 Å². The topological polar surface area (TPSA) is 65.2 Å². The van der Waals surface area contributed by atoms with Gasteiger partial charge in [0.25, 0.3) is 11.5 Å². The van der Waals surface area contributed by atoms with Crippen LogP contribution in [-0.2, 0) is 6.54 Å². The molecule has 6 heteroatoms. The molecule has 0 radical (unpaired) electrons. The Bertz CT molecular complexity index is 745. The van der Waals surface area contributed by atoms with E-state index < -0.39 is 5.56 Å². The summed E-state index contributed by atoms with van der Waals surface area (Å²) in [6, 6.07) is 11.8. The van der Waals surface area contributed by atoms with Crippen LogP contribution in [0.15, 0.2) is 47.4 Å². The first kappa shape index (κ1) is 15.8. The molecular weight excluding hydrogens is 314 g/mol. The highest BCUT2D eigenvalue weighted by molar-refractivity contribution is 6.30. The number of likely N-dealkylation sites (tertiary alicyclic amines) is 1. The molecule has 0 spiro atoms. The van der Waals surface area contributed by atoms with Crippen molar-refractivity contribution in [3.8, 4) is 0 Å². The Balaban J connectivity index is 1.56. The maximum absolute atomic E-state index is 12.2. The smallest absolute Gasteiger partial charge is 0.266 e. The van der Waals surface area contributed by atoms with Gasteiger partial charge in [0.15, 0.2) is 0 Å². The molecule has 1 aromatic heterocycles. The van der Waals surface area contributed by atoms with Crippen molar-refractivity contribution in [2.45, 2.75) is 19.0 Å². The number of nitrogens with one attached hydrogen (secondary N) is 2. The highest BCUT2D eigenvalue weighted by atomic mass is 35.5. The monoisotopic (exact) mass is 331 g/mol. The normalized spacial score (nSPS) is 18.0. The van der Waals surface area contributed by atoms with E-state index in [9.17, 15) is 9.59 Å². The van der Waals surface area contributed by atoms with E-state index in [2.05, 4.69) is 27.3 Å². The summed E-state index contributed by atoms with van der Waals surface area (Å²) in [5.74, 6) is -0.213. The van der Waals surface area contributed by atoms with Crippen molar-refractivity contribution in [3.63, 3.8) is 0 Å². The number of hydrogen-bond donors (Lipinski definition) is 2. The molecule has 1 aliphatic heterocycles. The molecule has 0 aliphatic carbocycles. The lowest BCUT2D eigenvalue weighted by molar-refractivity contribution is 0.0937. The third kappa shape index (κ3) is 4.00. The highest BCUT2D eigenvalue weighted by Gasteiger charge is 2.24. The summed E-state index contributed by atoms with van der Waals surface area (Å²) in [5.41, 5.74) is 1.25. The van der Waals surface area contributed by atoms with Gasteiger partial charge in [-0.1, -0.05) is 41.9 Å². The molecule has 0 bridgehead atoms. The van der Waals surface area contributed by atoms with Gasteiger partial charge in [-0.25, -0.2) is 0 Å². The summed E-state index contributed by atoms with van der Waals surface area (Å²) in [4.78, 5) is 28.2. The number of carbonyl (C=O) groups excluding carboxylic acids is 1. The highest BCUT2D eigenvalue weighted by Crippen LogP contribution is 2.14. The molecule has 5 nitrogen and oxygen atoms in total. The molecular formula is C17H18ClN3O2. The van der Waals surface area contributed by atoms with E-state index in [4.69, 9.17) is 11.6 Å². The number of amides is 1. The van der Waals surface area contributed by atoms with Crippen LogP contribution in [0, 0.1) is 0 Å². The van der Waals surface area contributed by atoms with Gasteiger partial charge in [-0.05, 0) is 18.1 Å². The quantitative estimate of drug-likeness (QED) is 0.901. The number of H-pyrrole nitrogens is 1. The average Bonchev–Trinajstić information content (AvgIpc) is 2.98. The van der Waals surface area contributed by atoms with Gasteiger partial charge in [0.1, 0.15) is 5.02 Å². The SMILES string of the molecule is O=C(NC1CCN(Cc2ccccc2)C1)c1c[nH]c(=O)c(Cl)c1. The molecule has 0 saturated carbocycles. The Kier molecular flexibility index (Phi) is 4.79. The summed E-state index contributed by atoms with van der Waals surface area (Å²) in [6.07, 6.45) is 2.30. The minimum atomic E-state index is -0.391. The van der Waals surface area contributed by atoms with Crippen LogP contribution in [0.3, 0.4) is 0 Å². The Morgan fingerprint density at radius 2 is 2.13 bits per heavy atom. The number of carbonyl (C=O) groups is 1. The number of aromatic amines is 1. The number of hydrogen-bond acceptors (Lipinski definition) is 3. The van der Waals surface area contributed by atoms with E-state index in [0.717, 1.165) is 26.1 Å². The molecule has 1 saturated heterocycles. The van der Waals surface area contributed by atoms with Crippen LogP contribution in [0.4, 0.5) is 0 Å². The molecule has 2 N–H and O–H groups in total. The van der Waals surface area contributed by atoms with Crippen LogP contribution in [0.25, 0.3) is 0 Å². The maximum Gasteiger partial charge on any atom is 0.266 e. The van der Waals surface area contributed by atoms with Gasteiger partial charge >= 0.3 is 0 Å². The fraction of sp³-hybridized carbons (Fsp3) is 0.294. The first-order valence-electron chi connectivity index (χ1n) is 7.57. The molecule has 1 fully saturated rings. The van der Waals surface area contributed by atoms with E-state index in [-0.39, 0.29) is 17.0 Å². The lowest BCUT2D eigenvalue weighted by atomic mass is 10.2. The van der Waals surface area contributed by atoms with Crippen LogP contribution in [0.2, 0.25) is 5.02 Å².